The van der Waals surface area contributed by atoms with Crippen LogP contribution in [0.25, 0.3) is 0 Å². The number of nitrogens with zero attached hydrogens (tertiary/aromatic N) is 2. The Morgan fingerprint density at radius 1 is 1.41 bits per heavy atom. The Morgan fingerprint density at radius 2 is 2.12 bits per heavy atom. The normalized spacial score (nSPS) is 13.6. The van der Waals surface area contributed by atoms with Gasteiger partial charge >= 0.3 is 0 Å². The van der Waals surface area contributed by atoms with E-state index in [0.29, 0.717) is 6.04 Å². The smallest absolute Gasteiger partial charge is 0.0897 e. The summed E-state index contributed by atoms with van der Waals surface area (Å²) in [4.78, 5) is 7.86. The van der Waals surface area contributed by atoms with E-state index < -0.39 is 0 Å². The first kappa shape index (κ1) is 14.6. The van der Waals surface area contributed by atoms with Crippen molar-refractivity contribution in [2.24, 2.45) is 5.92 Å². The molecule has 1 heterocycles. The van der Waals surface area contributed by atoms with Crippen LogP contribution in [0.15, 0.2) is 6.20 Å². The zero-order valence-electron chi connectivity index (χ0n) is 11.7. The van der Waals surface area contributed by atoms with E-state index >= 15 is 0 Å². The topological polar surface area (TPSA) is 28.2 Å². The molecule has 0 aromatic carbocycles. The third-order valence-electron chi connectivity index (χ3n) is 2.58. The van der Waals surface area contributed by atoms with Crippen LogP contribution in [-0.4, -0.2) is 36.6 Å². The molecule has 0 aliphatic rings. The van der Waals surface area contributed by atoms with Crippen molar-refractivity contribution in [3.8, 4) is 0 Å². The Hall–Kier alpha value is -0.450. The fourth-order valence-corrected chi connectivity index (χ4v) is 2.71. The Balaban J connectivity index is 2.42. The first-order valence-corrected chi connectivity index (χ1v) is 7.08. The van der Waals surface area contributed by atoms with E-state index in [1.807, 2.05) is 6.20 Å². The number of hydrogen-bond donors (Lipinski definition) is 1. The van der Waals surface area contributed by atoms with Gasteiger partial charge in [0.2, 0.25) is 0 Å². The van der Waals surface area contributed by atoms with Gasteiger partial charge in [-0.15, -0.1) is 11.3 Å². The van der Waals surface area contributed by atoms with Gasteiger partial charge in [0.05, 0.1) is 5.01 Å². The predicted octanol–water partition coefficient (Wildman–Crippen LogP) is 2.52. The second kappa shape index (κ2) is 7.09. The molecule has 1 aromatic rings. The van der Waals surface area contributed by atoms with Crippen molar-refractivity contribution < 1.29 is 0 Å². The van der Waals surface area contributed by atoms with Crippen molar-refractivity contribution in [1.29, 1.82) is 0 Å². The van der Waals surface area contributed by atoms with Gasteiger partial charge in [0, 0.05) is 30.2 Å². The highest BCUT2D eigenvalue weighted by Crippen LogP contribution is 2.12. The minimum atomic E-state index is 0.562. The summed E-state index contributed by atoms with van der Waals surface area (Å²) in [7, 11) is 4.26. The number of hydrogen-bond acceptors (Lipinski definition) is 4. The van der Waals surface area contributed by atoms with Crippen LogP contribution in [-0.2, 0) is 6.54 Å². The fraction of sp³-hybridized carbons (Fsp3) is 0.769. The van der Waals surface area contributed by atoms with Gasteiger partial charge in [-0.3, -0.25) is 0 Å². The van der Waals surface area contributed by atoms with Gasteiger partial charge in [0.15, 0.2) is 0 Å². The average molecular weight is 255 g/mol. The van der Waals surface area contributed by atoms with Crippen molar-refractivity contribution in [3.63, 3.8) is 0 Å². The van der Waals surface area contributed by atoms with Gasteiger partial charge in [-0.05, 0) is 33.4 Å². The molecule has 0 amide bonds. The molecule has 3 nitrogen and oxygen atoms in total. The largest absolute Gasteiger partial charge is 0.308 e. The highest BCUT2D eigenvalue weighted by molar-refractivity contribution is 7.11. The fourth-order valence-electron chi connectivity index (χ4n) is 1.96. The van der Waals surface area contributed by atoms with E-state index in [0.717, 1.165) is 24.0 Å². The first-order chi connectivity index (χ1) is 7.97. The number of aromatic nitrogens is 1. The lowest BCUT2D eigenvalue weighted by molar-refractivity contribution is 0.305. The molecule has 1 atom stereocenters. The second-order valence-corrected chi connectivity index (χ2v) is 6.63. The SMILES string of the molecule is Cc1ncc(CNC(CC(C)C)CN(C)C)s1. The van der Waals surface area contributed by atoms with Gasteiger partial charge in [0.25, 0.3) is 0 Å². The van der Waals surface area contributed by atoms with Crippen molar-refractivity contribution >= 4 is 11.3 Å². The first-order valence-electron chi connectivity index (χ1n) is 6.26. The molecule has 1 rings (SSSR count). The molecule has 0 aliphatic heterocycles. The second-order valence-electron chi connectivity index (χ2n) is 5.32. The molecular weight excluding hydrogens is 230 g/mol. The summed E-state index contributed by atoms with van der Waals surface area (Å²) in [6.07, 6.45) is 3.20. The van der Waals surface area contributed by atoms with Crippen molar-refractivity contribution in [1.82, 2.24) is 15.2 Å². The molecule has 1 unspecified atom stereocenters. The quantitative estimate of drug-likeness (QED) is 0.811. The van der Waals surface area contributed by atoms with Crippen LogP contribution in [0.5, 0.6) is 0 Å². The van der Waals surface area contributed by atoms with Crippen LogP contribution in [0.1, 0.15) is 30.2 Å². The summed E-state index contributed by atoms with van der Waals surface area (Å²) in [6, 6.07) is 0.562. The third-order valence-corrected chi connectivity index (χ3v) is 3.49. The van der Waals surface area contributed by atoms with Crippen LogP contribution in [0.2, 0.25) is 0 Å². The van der Waals surface area contributed by atoms with Crippen LogP contribution in [0, 0.1) is 12.8 Å². The zero-order chi connectivity index (χ0) is 12.8. The maximum atomic E-state index is 4.28. The van der Waals surface area contributed by atoms with E-state index in [4.69, 9.17) is 0 Å². The van der Waals surface area contributed by atoms with Crippen LogP contribution in [0.4, 0.5) is 0 Å². The van der Waals surface area contributed by atoms with Gasteiger partial charge in [0.1, 0.15) is 0 Å². The maximum Gasteiger partial charge on any atom is 0.0897 e. The minimum absolute atomic E-state index is 0.562. The molecule has 0 aliphatic carbocycles. The van der Waals surface area contributed by atoms with Crippen molar-refractivity contribution in [2.75, 3.05) is 20.6 Å². The van der Waals surface area contributed by atoms with Crippen molar-refractivity contribution in [2.45, 2.75) is 39.8 Å². The molecule has 98 valence electrons. The van der Waals surface area contributed by atoms with Crippen LogP contribution >= 0.6 is 11.3 Å². The maximum absolute atomic E-state index is 4.28. The molecule has 0 spiro atoms. The third kappa shape index (κ3) is 6.15. The molecule has 0 saturated carbocycles. The van der Waals surface area contributed by atoms with E-state index in [1.165, 1.54) is 11.3 Å². The molecule has 1 aromatic heterocycles. The summed E-state index contributed by atoms with van der Waals surface area (Å²) in [5.74, 6) is 0.732. The summed E-state index contributed by atoms with van der Waals surface area (Å²) in [5.41, 5.74) is 0. The highest BCUT2D eigenvalue weighted by atomic mass is 32.1. The summed E-state index contributed by atoms with van der Waals surface area (Å²) < 4.78 is 0. The number of likely N-dealkylation sites (N-methyl/N-ethyl adjacent to an activating group) is 1. The summed E-state index contributed by atoms with van der Waals surface area (Å²) >= 11 is 1.78. The van der Waals surface area contributed by atoms with Gasteiger partial charge in [-0.1, -0.05) is 13.8 Å². The monoisotopic (exact) mass is 255 g/mol. The van der Waals surface area contributed by atoms with Gasteiger partial charge in [-0.25, -0.2) is 4.98 Å². The van der Waals surface area contributed by atoms with E-state index in [-0.39, 0.29) is 0 Å². The van der Waals surface area contributed by atoms with Gasteiger partial charge in [-0.2, -0.15) is 0 Å². The Labute approximate surface area is 109 Å². The Bertz CT molecular complexity index is 310. The molecule has 0 bridgehead atoms. The zero-order valence-corrected chi connectivity index (χ0v) is 12.5. The van der Waals surface area contributed by atoms with E-state index in [9.17, 15) is 0 Å². The van der Waals surface area contributed by atoms with E-state index in [2.05, 4.69) is 50.1 Å². The standard InChI is InChI=1S/C13H25N3S/c1-10(2)6-12(9-16(4)5)15-8-13-7-14-11(3)17-13/h7,10,12,15H,6,8-9H2,1-5H3. The lowest BCUT2D eigenvalue weighted by Gasteiger charge is -2.23. The average Bonchev–Trinajstić information content (AvgIpc) is 2.59. The minimum Gasteiger partial charge on any atom is -0.308 e. The Kier molecular flexibility index (Phi) is 6.09. The molecule has 1 N–H and O–H groups in total. The molecule has 0 saturated heterocycles. The van der Waals surface area contributed by atoms with E-state index in [1.54, 1.807) is 11.3 Å². The molecule has 17 heavy (non-hydrogen) atoms. The molecular formula is C13H25N3S. The molecule has 0 radical (unpaired) electrons. The molecule has 4 heteroatoms. The van der Waals surface area contributed by atoms with Gasteiger partial charge < -0.3 is 10.2 Å². The number of aryl methyl sites for hydroxylation is 1. The Morgan fingerprint density at radius 3 is 2.59 bits per heavy atom. The predicted molar refractivity (Wildman–Crippen MR) is 75.5 cm³/mol. The van der Waals surface area contributed by atoms with Crippen LogP contribution < -0.4 is 5.32 Å². The lowest BCUT2D eigenvalue weighted by Crippen LogP contribution is -2.38. The van der Waals surface area contributed by atoms with Crippen molar-refractivity contribution in [3.05, 3.63) is 16.1 Å². The lowest BCUT2D eigenvalue weighted by atomic mass is 10.0. The summed E-state index contributed by atoms with van der Waals surface area (Å²) in [5, 5.41) is 4.79. The number of rotatable bonds is 7. The highest BCUT2D eigenvalue weighted by Gasteiger charge is 2.12. The number of nitrogens with one attached hydrogen (secondary N) is 1. The number of thiazole rings is 1. The molecule has 0 fully saturated rings. The summed E-state index contributed by atoms with van der Waals surface area (Å²) in [6.45, 7) is 8.65. The van der Waals surface area contributed by atoms with Crippen LogP contribution in [0.3, 0.4) is 0 Å².